The van der Waals surface area contributed by atoms with Gasteiger partial charge >= 0.3 is 0 Å². The van der Waals surface area contributed by atoms with Gasteiger partial charge in [-0.25, -0.2) is 24.6 Å². The second-order valence-electron chi connectivity index (χ2n) is 6.46. The lowest BCUT2D eigenvalue weighted by Gasteiger charge is -2.11. The van der Waals surface area contributed by atoms with Crippen LogP contribution in [0.15, 0.2) is 55.2 Å². The van der Waals surface area contributed by atoms with Crippen LogP contribution in [0.25, 0.3) is 22.8 Å². The molecule has 148 valence electrons. The van der Waals surface area contributed by atoms with Gasteiger partial charge in [-0.15, -0.1) is 0 Å². The standard InChI is InChI=1S/C21H18N8O/c1-29-20(9-18(28-29)17-5-7-24-13-27-17)30-19-8-14(10-23)2-3-16(19)21-25-11-15(4-6-22)12-26-21/h2-3,5,7-9,11-13H,4,6,22H2,1H3. The smallest absolute Gasteiger partial charge is 0.218 e. The van der Waals surface area contributed by atoms with E-state index in [1.165, 1.54) is 6.33 Å². The summed E-state index contributed by atoms with van der Waals surface area (Å²) >= 11 is 0. The first-order valence-corrected chi connectivity index (χ1v) is 9.21. The van der Waals surface area contributed by atoms with Crippen LogP contribution in [-0.4, -0.2) is 36.3 Å². The molecular weight excluding hydrogens is 380 g/mol. The number of benzene rings is 1. The normalized spacial score (nSPS) is 10.6. The molecule has 0 aliphatic rings. The Morgan fingerprint density at radius 1 is 1.10 bits per heavy atom. The SMILES string of the molecule is Cn1nc(-c2ccncn2)cc1Oc1cc(C#N)ccc1-c1ncc(CCN)cn1. The summed E-state index contributed by atoms with van der Waals surface area (Å²) in [5.74, 6) is 1.44. The van der Waals surface area contributed by atoms with Gasteiger partial charge in [-0.2, -0.15) is 10.4 Å². The molecule has 0 saturated heterocycles. The van der Waals surface area contributed by atoms with Crippen LogP contribution < -0.4 is 10.5 Å². The van der Waals surface area contributed by atoms with Crippen LogP contribution in [0.3, 0.4) is 0 Å². The molecule has 0 amide bonds. The highest BCUT2D eigenvalue weighted by atomic mass is 16.5. The molecule has 0 unspecified atom stereocenters. The van der Waals surface area contributed by atoms with Crippen LogP contribution in [-0.2, 0) is 13.5 Å². The number of nitrogens with zero attached hydrogens (tertiary/aromatic N) is 7. The van der Waals surface area contributed by atoms with Crippen molar-refractivity contribution in [2.75, 3.05) is 6.54 Å². The third-order valence-corrected chi connectivity index (χ3v) is 4.39. The number of aromatic nitrogens is 6. The monoisotopic (exact) mass is 398 g/mol. The Bertz CT molecular complexity index is 1200. The van der Waals surface area contributed by atoms with E-state index in [1.807, 2.05) is 0 Å². The lowest BCUT2D eigenvalue weighted by atomic mass is 10.1. The number of nitriles is 1. The first-order chi connectivity index (χ1) is 14.7. The highest BCUT2D eigenvalue weighted by Crippen LogP contribution is 2.33. The molecule has 3 heterocycles. The van der Waals surface area contributed by atoms with Gasteiger partial charge in [0.2, 0.25) is 5.88 Å². The Morgan fingerprint density at radius 2 is 1.93 bits per heavy atom. The Kier molecular flexibility index (Phi) is 5.41. The molecule has 30 heavy (non-hydrogen) atoms. The van der Waals surface area contributed by atoms with Crippen LogP contribution in [0.4, 0.5) is 0 Å². The maximum Gasteiger partial charge on any atom is 0.218 e. The van der Waals surface area contributed by atoms with Crippen molar-refractivity contribution >= 4 is 0 Å². The molecule has 0 bridgehead atoms. The molecule has 0 aliphatic carbocycles. The number of ether oxygens (including phenoxy) is 1. The van der Waals surface area contributed by atoms with Crippen molar-refractivity contribution in [3.05, 3.63) is 66.4 Å². The van der Waals surface area contributed by atoms with E-state index in [0.29, 0.717) is 52.9 Å². The Hall–Kier alpha value is -4.16. The summed E-state index contributed by atoms with van der Waals surface area (Å²) < 4.78 is 7.73. The lowest BCUT2D eigenvalue weighted by Crippen LogP contribution is -2.04. The lowest BCUT2D eigenvalue weighted by molar-refractivity contribution is 0.432. The van der Waals surface area contributed by atoms with Crippen molar-refractivity contribution in [2.45, 2.75) is 6.42 Å². The Morgan fingerprint density at radius 3 is 2.63 bits per heavy atom. The van der Waals surface area contributed by atoms with Crippen molar-refractivity contribution in [1.82, 2.24) is 29.7 Å². The van der Waals surface area contributed by atoms with Gasteiger partial charge in [0.25, 0.3) is 0 Å². The zero-order valence-corrected chi connectivity index (χ0v) is 16.2. The number of nitrogens with two attached hydrogens (primary N) is 1. The van der Waals surface area contributed by atoms with Gasteiger partial charge in [-0.3, -0.25) is 0 Å². The van der Waals surface area contributed by atoms with Gasteiger partial charge in [-0.1, -0.05) is 0 Å². The summed E-state index contributed by atoms with van der Waals surface area (Å²) in [6.07, 6.45) is 7.31. The zero-order valence-electron chi connectivity index (χ0n) is 16.2. The molecule has 0 radical (unpaired) electrons. The molecule has 9 heteroatoms. The number of hydrogen-bond donors (Lipinski definition) is 1. The topological polar surface area (TPSA) is 128 Å². The summed E-state index contributed by atoms with van der Waals surface area (Å²) in [6, 6.07) is 10.8. The van der Waals surface area contributed by atoms with Crippen molar-refractivity contribution in [1.29, 1.82) is 5.26 Å². The van der Waals surface area contributed by atoms with Crippen molar-refractivity contribution in [3.63, 3.8) is 0 Å². The average molecular weight is 398 g/mol. The van der Waals surface area contributed by atoms with Crippen LogP contribution in [0.1, 0.15) is 11.1 Å². The first-order valence-electron chi connectivity index (χ1n) is 9.21. The van der Waals surface area contributed by atoms with E-state index in [4.69, 9.17) is 10.5 Å². The van der Waals surface area contributed by atoms with Crippen molar-refractivity contribution in [2.24, 2.45) is 12.8 Å². The first kappa shape index (κ1) is 19.2. The van der Waals surface area contributed by atoms with Crippen LogP contribution in [0, 0.1) is 11.3 Å². The highest BCUT2D eigenvalue weighted by molar-refractivity contribution is 5.66. The van der Waals surface area contributed by atoms with E-state index in [0.717, 1.165) is 5.56 Å². The molecule has 0 aliphatic heterocycles. The fourth-order valence-electron chi connectivity index (χ4n) is 2.88. The second kappa shape index (κ2) is 8.46. The Labute approximate surface area is 172 Å². The van der Waals surface area contributed by atoms with Gasteiger partial charge < -0.3 is 10.5 Å². The summed E-state index contributed by atoms with van der Waals surface area (Å²) in [5, 5.41) is 13.8. The van der Waals surface area contributed by atoms with Gasteiger partial charge in [0.1, 0.15) is 17.8 Å². The van der Waals surface area contributed by atoms with E-state index in [-0.39, 0.29) is 0 Å². The minimum atomic E-state index is 0.456. The number of rotatable bonds is 6. The van der Waals surface area contributed by atoms with Gasteiger partial charge in [-0.05, 0) is 42.8 Å². The minimum Gasteiger partial charge on any atom is -0.438 e. The molecule has 2 N–H and O–H groups in total. The molecule has 0 saturated carbocycles. The van der Waals surface area contributed by atoms with E-state index in [1.54, 1.807) is 60.7 Å². The average Bonchev–Trinajstić information content (AvgIpc) is 3.15. The molecule has 1 aromatic carbocycles. The van der Waals surface area contributed by atoms with Gasteiger partial charge in [0, 0.05) is 31.7 Å². The Balaban J connectivity index is 1.70. The fourth-order valence-corrected chi connectivity index (χ4v) is 2.88. The maximum atomic E-state index is 9.31. The predicted octanol–water partition coefficient (Wildman–Crippen LogP) is 2.50. The minimum absolute atomic E-state index is 0.456. The molecule has 0 spiro atoms. The van der Waals surface area contributed by atoms with Gasteiger partial charge in [0.15, 0.2) is 5.82 Å². The quantitative estimate of drug-likeness (QED) is 0.524. The summed E-state index contributed by atoms with van der Waals surface area (Å²) in [7, 11) is 1.77. The molecule has 0 atom stereocenters. The van der Waals surface area contributed by atoms with Crippen LogP contribution in [0.2, 0.25) is 0 Å². The van der Waals surface area contributed by atoms with Crippen molar-refractivity contribution < 1.29 is 4.74 Å². The van der Waals surface area contributed by atoms with Gasteiger partial charge in [0.05, 0.1) is 22.9 Å². The molecule has 4 aromatic rings. The van der Waals surface area contributed by atoms with E-state index < -0.39 is 0 Å². The fraction of sp³-hybridized carbons (Fsp3) is 0.143. The largest absolute Gasteiger partial charge is 0.438 e. The number of hydrogen-bond acceptors (Lipinski definition) is 8. The predicted molar refractivity (Wildman–Crippen MR) is 109 cm³/mol. The van der Waals surface area contributed by atoms with Crippen LogP contribution in [0.5, 0.6) is 11.6 Å². The third-order valence-electron chi connectivity index (χ3n) is 4.39. The molecule has 3 aromatic heterocycles. The maximum absolute atomic E-state index is 9.31. The third kappa shape index (κ3) is 3.99. The second-order valence-corrected chi connectivity index (χ2v) is 6.46. The zero-order chi connectivity index (χ0) is 20.9. The molecule has 9 nitrogen and oxygen atoms in total. The van der Waals surface area contributed by atoms with E-state index in [2.05, 4.69) is 31.1 Å². The molecular formula is C21H18N8O. The molecule has 4 rings (SSSR count). The molecule has 0 fully saturated rings. The highest BCUT2D eigenvalue weighted by Gasteiger charge is 2.15. The summed E-state index contributed by atoms with van der Waals surface area (Å²) in [6.45, 7) is 0.531. The van der Waals surface area contributed by atoms with Crippen LogP contribution >= 0.6 is 0 Å². The van der Waals surface area contributed by atoms with E-state index >= 15 is 0 Å². The van der Waals surface area contributed by atoms with E-state index in [9.17, 15) is 5.26 Å². The van der Waals surface area contributed by atoms with Crippen molar-refractivity contribution in [3.8, 4) is 40.5 Å². The summed E-state index contributed by atoms with van der Waals surface area (Å²) in [4.78, 5) is 17.0. The summed E-state index contributed by atoms with van der Waals surface area (Å²) in [5.41, 5.74) is 9.00. The number of aryl methyl sites for hydroxylation is 1.